The first-order chi connectivity index (χ1) is 8.27. The highest BCUT2D eigenvalue weighted by Crippen LogP contribution is 2.18. The monoisotopic (exact) mass is 235 g/mol. The highest BCUT2D eigenvalue weighted by atomic mass is 16.7. The molecule has 0 aromatic heterocycles. The summed E-state index contributed by atoms with van der Waals surface area (Å²) >= 11 is 0. The summed E-state index contributed by atoms with van der Waals surface area (Å²) in [5.41, 5.74) is 3.17. The third kappa shape index (κ3) is 3.28. The van der Waals surface area contributed by atoms with E-state index in [9.17, 15) is 9.90 Å². The Bertz CT molecular complexity index is 366. The lowest BCUT2D eigenvalue weighted by Gasteiger charge is -2.27. The first-order valence-corrected chi connectivity index (χ1v) is 5.97. The van der Waals surface area contributed by atoms with Gasteiger partial charge in [-0.25, -0.2) is 4.79 Å². The molecule has 0 saturated heterocycles. The van der Waals surface area contributed by atoms with Crippen LogP contribution in [0.5, 0.6) is 0 Å². The number of hydrogen-bond donors (Lipinski definition) is 2. The molecule has 0 aliphatic heterocycles. The van der Waals surface area contributed by atoms with Crippen LogP contribution >= 0.6 is 0 Å². The van der Waals surface area contributed by atoms with Gasteiger partial charge in [-0.2, -0.15) is 0 Å². The fourth-order valence-electron chi connectivity index (χ4n) is 2.01. The van der Waals surface area contributed by atoms with Gasteiger partial charge < -0.3 is 9.94 Å². The van der Waals surface area contributed by atoms with Crippen LogP contribution in [0.3, 0.4) is 0 Å². The molecule has 1 aliphatic rings. The number of nitrogens with one attached hydrogen (secondary N) is 1. The SMILES string of the molecule is O=C(ON[C@H]1CCCC[C@H]1O)c1ccccc1. The van der Waals surface area contributed by atoms with Crippen LogP contribution in [0.25, 0.3) is 0 Å². The van der Waals surface area contributed by atoms with E-state index in [1.807, 2.05) is 6.07 Å². The summed E-state index contributed by atoms with van der Waals surface area (Å²) in [6, 6.07) is 8.66. The Morgan fingerprint density at radius 3 is 2.65 bits per heavy atom. The van der Waals surface area contributed by atoms with Crippen molar-refractivity contribution in [3.63, 3.8) is 0 Å². The van der Waals surface area contributed by atoms with Crippen molar-refractivity contribution >= 4 is 5.97 Å². The second kappa shape index (κ2) is 5.80. The maximum Gasteiger partial charge on any atom is 0.356 e. The van der Waals surface area contributed by atoms with Gasteiger partial charge in [-0.15, -0.1) is 5.48 Å². The summed E-state index contributed by atoms with van der Waals surface area (Å²) in [7, 11) is 0. The van der Waals surface area contributed by atoms with Crippen LogP contribution in [0.2, 0.25) is 0 Å². The van der Waals surface area contributed by atoms with Crippen molar-refractivity contribution in [3.8, 4) is 0 Å². The summed E-state index contributed by atoms with van der Waals surface area (Å²) in [6.07, 6.45) is 3.26. The maximum atomic E-state index is 11.6. The highest BCUT2D eigenvalue weighted by molar-refractivity contribution is 5.89. The van der Waals surface area contributed by atoms with Crippen LogP contribution < -0.4 is 5.48 Å². The van der Waals surface area contributed by atoms with E-state index in [1.165, 1.54) is 0 Å². The number of hydrogen-bond acceptors (Lipinski definition) is 4. The third-order valence-electron chi connectivity index (χ3n) is 3.04. The molecule has 2 N–H and O–H groups in total. The Morgan fingerprint density at radius 1 is 1.24 bits per heavy atom. The average molecular weight is 235 g/mol. The van der Waals surface area contributed by atoms with Crippen molar-refractivity contribution in [2.45, 2.75) is 37.8 Å². The van der Waals surface area contributed by atoms with Gasteiger partial charge in [-0.05, 0) is 25.0 Å². The van der Waals surface area contributed by atoms with E-state index in [1.54, 1.807) is 24.3 Å². The van der Waals surface area contributed by atoms with Crippen molar-refractivity contribution in [1.29, 1.82) is 0 Å². The molecule has 2 rings (SSSR count). The lowest BCUT2D eigenvalue weighted by Crippen LogP contribution is -2.42. The Hall–Kier alpha value is -1.39. The molecular weight excluding hydrogens is 218 g/mol. The molecule has 1 fully saturated rings. The minimum absolute atomic E-state index is 0.142. The van der Waals surface area contributed by atoms with Crippen LogP contribution in [0.4, 0.5) is 0 Å². The minimum Gasteiger partial charge on any atom is -0.391 e. The van der Waals surface area contributed by atoms with E-state index in [2.05, 4.69) is 5.48 Å². The molecule has 1 saturated carbocycles. The lowest BCUT2D eigenvalue weighted by atomic mass is 9.93. The van der Waals surface area contributed by atoms with E-state index in [4.69, 9.17) is 4.84 Å². The fraction of sp³-hybridized carbons (Fsp3) is 0.462. The first kappa shape index (κ1) is 12.1. The van der Waals surface area contributed by atoms with Crippen molar-refractivity contribution in [3.05, 3.63) is 35.9 Å². The zero-order chi connectivity index (χ0) is 12.1. The molecule has 0 unspecified atom stereocenters. The third-order valence-corrected chi connectivity index (χ3v) is 3.04. The van der Waals surface area contributed by atoms with E-state index in [0.717, 1.165) is 25.7 Å². The highest BCUT2D eigenvalue weighted by Gasteiger charge is 2.24. The van der Waals surface area contributed by atoms with Crippen LogP contribution in [-0.2, 0) is 4.84 Å². The van der Waals surface area contributed by atoms with Crippen molar-refractivity contribution in [2.75, 3.05) is 0 Å². The van der Waals surface area contributed by atoms with Gasteiger partial charge in [0.1, 0.15) is 0 Å². The molecule has 92 valence electrons. The molecule has 1 aromatic carbocycles. The standard InChI is InChI=1S/C13H17NO3/c15-12-9-5-4-8-11(12)14-17-13(16)10-6-2-1-3-7-10/h1-3,6-7,11-12,14-15H,4-5,8-9H2/t11-,12+/m0/s1. The van der Waals surface area contributed by atoms with Gasteiger partial charge in [0.05, 0.1) is 17.7 Å². The van der Waals surface area contributed by atoms with Crippen molar-refractivity contribution in [2.24, 2.45) is 0 Å². The molecular formula is C13H17NO3. The Balaban J connectivity index is 1.84. The zero-order valence-corrected chi connectivity index (χ0v) is 9.63. The van der Waals surface area contributed by atoms with Crippen LogP contribution in [0, 0.1) is 0 Å². The predicted octanol–water partition coefficient (Wildman–Crippen LogP) is 1.65. The number of aliphatic hydroxyl groups is 1. The van der Waals surface area contributed by atoms with Crippen molar-refractivity contribution < 1.29 is 14.7 Å². The average Bonchev–Trinajstić information content (AvgIpc) is 2.38. The number of carbonyl (C=O) groups excluding carboxylic acids is 1. The summed E-state index contributed by atoms with van der Waals surface area (Å²) in [5, 5.41) is 9.70. The van der Waals surface area contributed by atoms with Gasteiger partial charge in [0.2, 0.25) is 0 Å². The molecule has 1 aromatic rings. The molecule has 0 bridgehead atoms. The maximum absolute atomic E-state index is 11.6. The second-order valence-electron chi connectivity index (χ2n) is 4.33. The smallest absolute Gasteiger partial charge is 0.356 e. The number of hydroxylamine groups is 1. The van der Waals surface area contributed by atoms with Gasteiger partial charge >= 0.3 is 5.97 Å². The Morgan fingerprint density at radius 2 is 1.94 bits per heavy atom. The molecule has 1 aliphatic carbocycles. The second-order valence-corrected chi connectivity index (χ2v) is 4.33. The zero-order valence-electron chi connectivity index (χ0n) is 9.63. The van der Waals surface area contributed by atoms with Gasteiger partial charge in [0.25, 0.3) is 0 Å². The number of benzene rings is 1. The van der Waals surface area contributed by atoms with E-state index < -0.39 is 12.1 Å². The Kier molecular flexibility index (Phi) is 4.12. The summed E-state index contributed by atoms with van der Waals surface area (Å²) in [4.78, 5) is 16.6. The molecule has 0 heterocycles. The van der Waals surface area contributed by atoms with E-state index >= 15 is 0 Å². The predicted molar refractivity (Wildman–Crippen MR) is 63.3 cm³/mol. The van der Waals surface area contributed by atoms with Gasteiger partial charge in [-0.1, -0.05) is 31.0 Å². The first-order valence-electron chi connectivity index (χ1n) is 5.97. The van der Waals surface area contributed by atoms with Gasteiger partial charge in [0, 0.05) is 0 Å². The largest absolute Gasteiger partial charge is 0.391 e. The quantitative estimate of drug-likeness (QED) is 0.782. The Labute approximate surface area is 101 Å². The summed E-state index contributed by atoms with van der Waals surface area (Å²) in [5.74, 6) is -0.414. The van der Waals surface area contributed by atoms with Crippen LogP contribution in [0.1, 0.15) is 36.0 Å². The normalized spacial score (nSPS) is 24.3. The number of rotatable bonds is 3. The molecule has 0 amide bonds. The van der Waals surface area contributed by atoms with Gasteiger partial charge in [0.15, 0.2) is 0 Å². The summed E-state index contributed by atoms with van der Waals surface area (Å²) < 4.78 is 0. The van der Waals surface area contributed by atoms with E-state index in [-0.39, 0.29) is 6.04 Å². The van der Waals surface area contributed by atoms with Crippen molar-refractivity contribution in [1.82, 2.24) is 5.48 Å². The lowest BCUT2D eigenvalue weighted by molar-refractivity contribution is -0.0175. The molecule has 4 nitrogen and oxygen atoms in total. The molecule has 0 spiro atoms. The fourth-order valence-corrected chi connectivity index (χ4v) is 2.01. The molecule has 0 radical (unpaired) electrons. The van der Waals surface area contributed by atoms with E-state index in [0.29, 0.717) is 5.56 Å². The molecule has 2 atom stereocenters. The molecule has 4 heteroatoms. The van der Waals surface area contributed by atoms with Crippen LogP contribution in [-0.4, -0.2) is 23.2 Å². The number of aliphatic hydroxyl groups excluding tert-OH is 1. The minimum atomic E-state index is -0.424. The number of carbonyl (C=O) groups is 1. The van der Waals surface area contributed by atoms with Gasteiger partial charge in [-0.3, -0.25) is 0 Å². The summed E-state index contributed by atoms with van der Waals surface area (Å²) in [6.45, 7) is 0. The van der Waals surface area contributed by atoms with Crippen LogP contribution in [0.15, 0.2) is 30.3 Å². The topological polar surface area (TPSA) is 58.6 Å². The molecule has 17 heavy (non-hydrogen) atoms.